The fourth-order valence-electron chi connectivity index (χ4n) is 3.64. The minimum Gasteiger partial charge on any atom is -0.349 e. The SMILES string of the molecule is Cc1ccc(C(=O)NC2CC2)cc1-n1cnc2c(-c3ccc(NS(C)(=O)=O)cc3)ncnc21. The summed E-state index contributed by atoms with van der Waals surface area (Å²) in [5.74, 6) is -0.0821. The lowest BCUT2D eigenvalue weighted by Crippen LogP contribution is -2.25. The number of aromatic nitrogens is 4. The van der Waals surface area contributed by atoms with E-state index in [1.807, 2.05) is 29.7 Å². The number of nitrogens with one attached hydrogen (secondary N) is 2. The molecule has 0 radical (unpaired) electrons. The molecule has 1 saturated carbocycles. The summed E-state index contributed by atoms with van der Waals surface area (Å²) in [6, 6.07) is 12.8. The summed E-state index contributed by atoms with van der Waals surface area (Å²) < 4.78 is 27.2. The van der Waals surface area contributed by atoms with Crippen LogP contribution in [0.2, 0.25) is 0 Å². The zero-order valence-electron chi connectivity index (χ0n) is 18.1. The van der Waals surface area contributed by atoms with Gasteiger partial charge in [-0.1, -0.05) is 18.2 Å². The number of carbonyl (C=O) groups is 1. The van der Waals surface area contributed by atoms with Crippen molar-refractivity contribution in [3.8, 4) is 16.9 Å². The van der Waals surface area contributed by atoms with Crippen molar-refractivity contribution in [2.75, 3.05) is 11.0 Å². The van der Waals surface area contributed by atoms with Gasteiger partial charge in [-0.3, -0.25) is 14.1 Å². The maximum Gasteiger partial charge on any atom is 0.251 e. The van der Waals surface area contributed by atoms with E-state index < -0.39 is 10.0 Å². The molecule has 0 aliphatic heterocycles. The number of anilines is 1. The van der Waals surface area contributed by atoms with E-state index in [4.69, 9.17) is 0 Å². The highest BCUT2D eigenvalue weighted by atomic mass is 32.2. The second-order valence-corrected chi connectivity index (χ2v) is 9.96. The highest BCUT2D eigenvalue weighted by Crippen LogP contribution is 2.28. The van der Waals surface area contributed by atoms with Gasteiger partial charge in [-0.2, -0.15) is 0 Å². The molecule has 0 unspecified atom stereocenters. The summed E-state index contributed by atoms with van der Waals surface area (Å²) in [6.45, 7) is 1.97. The van der Waals surface area contributed by atoms with Crippen LogP contribution in [0.25, 0.3) is 28.1 Å². The van der Waals surface area contributed by atoms with E-state index in [0.717, 1.165) is 35.9 Å². The molecule has 1 amide bonds. The summed E-state index contributed by atoms with van der Waals surface area (Å²) in [7, 11) is -3.35. The number of aryl methyl sites for hydroxylation is 1. The van der Waals surface area contributed by atoms with E-state index >= 15 is 0 Å². The molecule has 2 N–H and O–H groups in total. The number of sulfonamides is 1. The van der Waals surface area contributed by atoms with Gasteiger partial charge >= 0.3 is 0 Å². The van der Waals surface area contributed by atoms with Gasteiger partial charge in [0.1, 0.15) is 23.9 Å². The van der Waals surface area contributed by atoms with E-state index in [2.05, 4.69) is 25.0 Å². The Morgan fingerprint density at radius 2 is 1.82 bits per heavy atom. The van der Waals surface area contributed by atoms with Gasteiger partial charge < -0.3 is 5.32 Å². The summed E-state index contributed by atoms with van der Waals surface area (Å²) in [5.41, 5.74) is 5.48. The molecule has 0 saturated heterocycles. The molecule has 1 fully saturated rings. The van der Waals surface area contributed by atoms with Crippen molar-refractivity contribution in [3.63, 3.8) is 0 Å². The summed E-state index contributed by atoms with van der Waals surface area (Å²) in [6.07, 6.45) is 6.31. The monoisotopic (exact) mass is 462 g/mol. The van der Waals surface area contributed by atoms with Crippen molar-refractivity contribution < 1.29 is 13.2 Å². The Hall–Kier alpha value is -3.79. The molecule has 5 rings (SSSR count). The van der Waals surface area contributed by atoms with Gasteiger partial charge in [-0.15, -0.1) is 0 Å². The molecule has 33 heavy (non-hydrogen) atoms. The highest BCUT2D eigenvalue weighted by molar-refractivity contribution is 7.92. The third kappa shape index (κ3) is 4.42. The van der Waals surface area contributed by atoms with Crippen LogP contribution in [0.15, 0.2) is 55.1 Å². The van der Waals surface area contributed by atoms with E-state index in [1.165, 1.54) is 6.33 Å². The number of hydrogen-bond acceptors (Lipinski definition) is 6. The summed E-state index contributed by atoms with van der Waals surface area (Å²) >= 11 is 0. The molecular formula is C23H22N6O3S. The van der Waals surface area contributed by atoms with Crippen LogP contribution in [0, 0.1) is 6.92 Å². The van der Waals surface area contributed by atoms with Gasteiger partial charge in [0.15, 0.2) is 5.65 Å². The minimum atomic E-state index is -3.35. The first-order valence-electron chi connectivity index (χ1n) is 10.5. The van der Waals surface area contributed by atoms with Crippen LogP contribution in [0.3, 0.4) is 0 Å². The van der Waals surface area contributed by atoms with Gasteiger partial charge in [0, 0.05) is 22.9 Å². The number of benzene rings is 2. The fraction of sp³-hybridized carbons (Fsp3) is 0.217. The third-order valence-electron chi connectivity index (χ3n) is 5.44. The zero-order valence-corrected chi connectivity index (χ0v) is 18.9. The maximum atomic E-state index is 12.5. The largest absolute Gasteiger partial charge is 0.349 e. The minimum absolute atomic E-state index is 0.0821. The van der Waals surface area contributed by atoms with E-state index in [-0.39, 0.29) is 11.9 Å². The lowest BCUT2D eigenvalue weighted by atomic mass is 10.1. The number of imidazole rings is 1. The van der Waals surface area contributed by atoms with Crippen molar-refractivity contribution >= 4 is 32.8 Å². The number of hydrogen-bond donors (Lipinski definition) is 2. The van der Waals surface area contributed by atoms with Crippen LogP contribution in [0.1, 0.15) is 28.8 Å². The van der Waals surface area contributed by atoms with Crippen molar-refractivity contribution in [1.29, 1.82) is 0 Å². The lowest BCUT2D eigenvalue weighted by molar-refractivity contribution is 0.0951. The van der Waals surface area contributed by atoms with Crippen molar-refractivity contribution in [2.45, 2.75) is 25.8 Å². The predicted molar refractivity (Wildman–Crippen MR) is 126 cm³/mol. The van der Waals surface area contributed by atoms with Crippen LogP contribution < -0.4 is 10.0 Å². The quantitative estimate of drug-likeness (QED) is 0.455. The molecule has 1 aliphatic carbocycles. The van der Waals surface area contributed by atoms with Crippen molar-refractivity contribution in [3.05, 3.63) is 66.2 Å². The Bertz CT molecular complexity index is 1470. The van der Waals surface area contributed by atoms with Crippen molar-refractivity contribution in [1.82, 2.24) is 24.8 Å². The Kier molecular flexibility index (Phi) is 5.09. The molecule has 2 aromatic carbocycles. The molecule has 10 heteroatoms. The molecule has 2 heterocycles. The molecular weight excluding hydrogens is 440 g/mol. The number of fused-ring (bicyclic) bond motifs is 1. The van der Waals surface area contributed by atoms with E-state index in [9.17, 15) is 13.2 Å². The molecule has 0 atom stereocenters. The average molecular weight is 463 g/mol. The number of rotatable bonds is 6. The first kappa shape index (κ1) is 21.1. The standard InChI is InChI=1S/C23H22N6O3S/c1-14-3-4-16(23(30)27-17-9-10-17)11-19(14)29-13-26-21-20(24-12-25-22(21)29)15-5-7-18(8-6-15)28-33(2,31)32/h3-8,11-13,17,28H,9-10H2,1-2H3,(H,27,30). The van der Waals surface area contributed by atoms with Crippen LogP contribution in [-0.2, 0) is 10.0 Å². The Morgan fingerprint density at radius 1 is 1.06 bits per heavy atom. The van der Waals surface area contributed by atoms with Crippen LogP contribution in [-0.4, -0.2) is 46.1 Å². The molecule has 1 aliphatic rings. The second kappa shape index (κ2) is 7.96. The number of nitrogens with zero attached hydrogens (tertiary/aromatic N) is 4. The van der Waals surface area contributed by atoms with Gasteiger partial charge in [0.05, 0.1) is 11.9 Å². The third-order valence-corrected chi connectivity index (χ3v) is 6.04. The highest BCUT2D eigenvalue weighted by Gasteiger charge is 2.24. The fourth-order valence-corrected chi connectivity index (χ4v) is 4.20. The second-order valence-electron chi connectivity index (χ2n) is 8.21. The molecule has 9 nitrogen and oxygen atoms in total. The number of carbonyl (C=O) groups excluding carboxylic acids is 1. The topological polar surface area (TPSA) is 119 Å². The van der Waals surface area contributed by atoms with Crippen molar-refractivity contribution in [2.24, 2.45) is 0 Å². The summed E-state index contributed by atoms with van der Waals surface area (Å²) in [5, 5.41) is 3.02. The summed E-state index contributed by atoms with van der Waals surface area (Å²) in [4.78, 5) is 25.9. The molecule has 4 aromatic rings. The van der Waals surface area contributed by atoms with E-state index in [0.29, 0.717) is 28.1 Å². The lowest BCUT2D eigenvalue weighted by Gasteiger charge is -2.11. The van der Waals surface area contributed by atoms with Crippen LogP contribution >= 0.6 is 0 Å². The van der Waals surface area contributed by atoms with Gasteiger partial charge in [-0.05, 0) is 49.6 Å². The predicted octanol–water partition coefficient (Wildman–Crippen LogP) is 3.05. The molecule has 168 valence electrons. The average Bonchev–Trinajstić information content (AvgIpc) is 3.48. The number of amides is 1. The normalized spacial score (nSPS) is 13.8. The molecule has 0 spiro atoms. The van der Waals surface area contributed by atoms with Gasteiger partial charge in [-0.25, -0.2) is 23.4 Å². The van der Waals surface area contributed by atoms with Crippen LogP contribution in [0.5, 0.6) is 0 Å². The smallest absolute Gasteiger partial charge is 0.251 e. The Labute approximate surface area is 191 Å². The molecule has 0 bridgehead atoms. The van der Waals surface area contributed by atoms with Gasteiger partial charge in [0.25, 0.3) is 5.91 Å². The van der Waals surface area contributed by atoms with Gasteiger partial charge in [0.2, 0.25) is 10.0 Å². The first-order chi connectivity index (χ1) is 15.8. The molecule has 2 aromatic heterocycles. The maximum absolute atomic E-state index is 12.5. The Balaban J connectivity index is 1.52. The zero-order chi connectivity index (χ0) is 23.2. The van der Waals surface area contributed by atoms with Crippen LogP contribution in [0.4, 0.5) is 5.69 Å². The Morgan fingerprint density at radius 3 is 2.52 bits per heavy atom. The van der Waals surface area contributed by atoms with E-state index in [1.54, 1.807) is 30.6 Å². The first-order valence-corrected chi connectivity index (χ1v) is 12.4.